The molecule has 10 heteroatoms. The van der Waals surface area contributed by atoms with Crippen LogP contribution < -0.4 is 10.0 Å². The van der Waals surface area contributed by atoms with Crippen LogP contribution in [0, 0.1) is 5.92 Å². The minimum atomic E-state index is -3.67. The standard InChI is InChI=1S/C10H19N5O3S2/c1-7(2)8(16)12-9-13-14-10(19-9)20(17,18)11-5-6-15(3)4/h7,11H,5-6H2,1-4H3,(H,12,13,16). The van der Waals surface area contributed by atoms with Crippen LogP contribution in [-0.2, 0) is 14.8 Å². The van der Waals surface area contributed by atoms with Gasteiger partial charge in [-0.2, -0.15) is 0 Å². The van der Waals surface area contributed by atoms with Crippen molar-refractivity contribution in [2.24, 2.45) is 5.92 Å². The number of nitrogens with zero attached hydrogens (tertiary/aromatic N) is 3. The number of rotatable bonds is 7. The third-order valence-corrected chi connectivity index (χ3v) is 4.91. The van der Waals surface area contributed by atoms with Crippen molar-refractivity contribution >= 4 is 32.4 Å². The molecule has 0 saturated carbocycles. The summed E-state index contributed by atoms with van der Waals surface area (Å²) in [5, 5.41) is 9.93. The molecule has 0 saturated heterocycles. The molecule has 0 radical (unpaired) electrons. The van der Waals surface area contributed by atoms with Crippen LogP contribution in [0.15, 0.2) is 4.34 Å². The van der Waals surface area contributed by atoms with Crippen LogP contribution in [0.2, 0.25) is 0 Å². The van der Waals surface area contributed by atoms with Crippen LogP contribution in [0.5, 0.6) is 0 Å². The molecule has 1 heterocycles. The van der Waals surface area contributed by atoms with E-state index in [9.17, 15) is 13.2 Å². The van der Waals surface area contributed by atoms with E-state index in [1.165, 1.54) is 0 Å². The summed E-state index contributed by atoms with van der Waals surface area (Å²) in [6.45, 7) is 4.32. The Kier molecular flexibility index (Phi) is 5.99. The third-order valence-electron chi connectivity index (χ3n) is 2.24. The predicted molar refractivity (Wildman–Crippen MR) is 77.1 cm³/mol. The molecular weight excluding hydrogens is 302 g/mol. The lowest BCUT2D eigenvalue weighted by Gasteiger charge is -2.09. The summed E-state index contributed by atoms with van der Waals surface area (Å²) in [7, 11) is 0.0178. The van der Waals surface area contributed by atoms with E-state index >= 15 is 0 Å². The first kappa shape index (κ1) is 17.0. The number of amides is 1. The molecular formula is C10H19N5O3S2. The number of hydrogen-bond acceptors (Lipinski definition) is 7. The summed E-state index contributed by atoms with van der Waals surface area (Å²) in [4.78, 5) is 13.3. The molecule has 1 amide bonds. The lowest BCUT2D eigenvalue weighted by atomic mass is 10.2. The van der Waals surface area contributed by atoms with Crippen molar-refractivity contribution in [1.82, 2.24) is 19.8 Å². The van der Waals surface area contributed by atoms with Crippen molar-refractivity contribution in [3.05, 3.63) is 0 Å². The number of sulfonamides is 1. The number of anilines is 1. The molecule has 0 bridgehead atoms. The van der Waals surface area contributed by atoms with E-state index in [1.54, 1.807) is 13.8 Å². The first-order valence-electron chi connectivity index (χ1n) is 6.01. The quantitative estimate of drug-likeness (QED) is 0.684. The summed E-state index contributed by atoms with van der Waals surface area (Å²) in [5.74, 6) is -0.442. The molecule has 8 nitrogen and oxygen atoms in total. The first-order valence-corrected chi connectivity index (χ1v) is 8.31. The summed E-state index contributed by atoms with van der Waals surface area (Å²) >= 11 is 0.826. The summed E-state index contributed by atoms with van der Waals surface area (Å²) in [6, 6.07) is 0. The molecule has 1 aromatic heterocycles. The van der Waals surface area contributed by atoms with Gasteiger partial charge in [-0.3, -0.25) is 4.79 Å². The average Bonchev–Trinajstić information content (AvgIpc) is 2.77. The highest BCUT2D eigenvalue weighted by atomic mass is 32.2. The first-order chi connectivity index (χ1) is 9.22. The highest BCUT2D eigenvalue weighted by molar-refractivity contribution is 7.91. The van der Waals surface area contributed by atoms with Crippen molar-refractivity contribution in [3.8, 4) is 0 Å². The van der Waals surface area contributed by atoms with Crippen LogP contribution in [-0.4, -0.2) is 56.6 Å². The van der Waals surface area contributed by atoms with Gasteiger partial charge in [-0.25, -0.2) is 13.1 Å². The van der Waals surface area contributed by atoms with Gasteiger partial charge >= 0.3 is 0 Å². The maximum Gasteiger partial charge on any atom is 0.269 e. The second-order valence-corrected chi connectivity index (χ2v) is 7.64. The fourth-order valence-corrected chi connectivity index (χ4v) is 3.05. The van der Waals surface area contributed by atoms with Crippen LogP contribution >= 0.6 is 11.3 Å². The summed E-state index contributed by atoms with van der Waals surface area (Å²) < 4.78 is 26.1. The minimum Gasteiger partial charge on any atom is -0.308 e. The van der Waals surface area contributed by atoms with E-state index in [1.807, 2.05) is 19.0 Å². The Labute approximate surface area is 122 Å². The van der Waals surface area contributed by atoms with E-state index in [0.717, 1.165) is 11.3 Å². The molecule has 0 spiro atoms. The Morgan fingerprint density at radius 1 is 1.35 bits per heavy atom. The molecule has 0 aliphatic heterocycles. The molecule has 114 valence electrons. The van der Waals surface area contributed by atoms with E-state index in [0.29, 0.717) is 6.54 Å². The van der Waals surface area contributed by atoms with Crippen molar-refractivity contribution in [1.29, 1.82) is 0 Å². The zero-order chi connectivity index (χ0) is 15.3. The van der Waals surface area contributed by atoms with Crippen molar-refractivity contribution < 1.29 is 13.2 Å². The normalized spacial score (nSPS) is 12.1. The van der Waals surface area contributed by atoms with Gasteiger partial charge < -0.3 is 10.2 Å². The lowest BCUT2D eigenvalue weighted by molar-refractivity contribution is -0.118. The largest absolute Gasteiger partial charge is 0.308 e. The van der Waals surface area contributed by atoms with Crippen molar-refractivity contribution in [2.75, 3.05) is 32.5 Å². The zero-order valence-corrected chi connectivity index (χ0v) is 13.5. The SMILES string of the molecule is CC(C)C(=O)Nc1nnc(S(=O)(=O)NCCN(C)C)s1. The monoisotopic (exact) mass is 321 g/mol. The number of aromatic nitrogens is 2. The van der Waals surface area contributed by atoms with Crippen molar-refractivity contribution in [2.45, 2.75) is 18.2 Å². The maximum absolute atomic E-state index is 11.9. The molecule has 1 aromatic rings. The van der Waals surface area contributed by atoms with Gasteiger partial charge in [-0.15, -0.1) is 10.2 Å². The van der Waals surface area contributed by atoms with Crippen LogP contribution in [0.25, 0.3) is 0 Å². The van der Waals surface area contributed by atoms with E-state index in [2.05, 4.69) is 20.2 Å². The van der Waals surface area contributed by atoms with Gasteiger partial charge in [0.05, 0.1) is 0 Å². The number of likely N-dealkylation sites (N-methyl/N-ethyl adjacent to an activating group) is 1. The van der Waals surface area contributed by atoms with Gasteiger partial charge in [-0.1, -0.05) is 25.2 Å². The molecule has 0 aliphatic rings. The number of carbonyl (C=O) groups is 1. The Morgan fingerprint density at radius 2 is 2.00 bits per heavy atom. The second-order valence-electron chi connectivity index (χ2n) is 4.72. The fourth-order valence-electron chi connectivity index (χ4n) is 1.08. The van der Waals surface area contributed by atoms with E-state index in [-0.39, 0.29) is 27.8 Å². The zero-order valence-electron chi connectivity index (χ0n) is 11.9. The third kappa shape index (κ3) is 5.12. The fraction of sp³-hybridized carbons (Fsp3) is 0.700. The Hall–Kier alpha value is -1.10. The molecule has 2 N–H and O–H groups in total. The van der Waals surface area contributed by atoms with E-state index in [4.69, 9.17) is 0 Å². The van der Waals surface area contributed by atoms with Gasteiger partial charge in [0.25, 0.3) is 10.0 Å². The topological polar surface area (TPSA) is 104 Å². The van der Waals surface area contributed by atoms with Crippen LogP contribution in [0.1, 0.15) is 13.8 Å². The van der Waals surface area contributed by atoms with Gasteiger partial charge in [0.1, 0.15) is 0 Å². The molecule has 0 fully saturated rings. The molecule has 1 rings (SSSR count). The summed E-state index contributed by atoms with van der Waals surface area (Å²) in [5.41, 5.74) is 0. The number of nitrogens with one attached hydrogen (secondary N) is 2. The molecule has 0 aliphatic carbocycles. The minimum absolute atomic E-state index is 0.157. The molecule has 0 atom stereocenters. The highest BCUT2D eigenvalue weighted by Crippen LogP contribution is 2.20. The molecule has 0 unspecified atom stereocenters. The number of hydrogen-bond donors (Lipinski definition) is 2. The van der Waals surface area contributed by atoms with E-state index < -0.39 is 10.0 Å². The summed E-state index contributed by atoms with van der Waals surface area (Å²) in [6.07, 6.45) is 0. The lowest BCUT2D eigenvalue weighted by Crippen LogP contribution is -2.31. The van der Waals surface area contributed by atoms with Gasteiger partial charge in [0.15, 0.2) is 0 Å². The highest BCUT2D eigenvalue weighted by Gasteiger charge is 2.20. The van der Waals surface area contributed by atoms with Gasteiger partial charge in [0, 0.05) is 19.0 Å². The van der Waals surface area contributed by atoms with Gasteiger partial charge in [-0.05, 0) is 14.1 Å². The Bertz CT molecular complexity index is 553. The van der Waals surface area contributed by atoms with Crippen LogP contribution in [0.3, 0.4) is 0 Å². The second kappa shape index (κ2) is 7.07. The van der Waals surface area contributed by atoms with Crippen LogP contribution in [0.4, 0.5) is 5.13 Å². The maximum atomic E-state index is 11.9. The average molecular weight is 321 g/mol. The van der Waals surface area contributed by atoms with Gasteiger partial charge in [0.2, 0.25) is 15.4 Å². The Morgan fingerprint density at radius 3 is 2.55 bits per heavy atom. The molecule has 20 heavy (non-hydrogen) atoms. The smallest absolute Gasteiger partial charge is 0.269 e. The predicted octanol–water partition coefficient (Wildman–Crippen LogP) is -0.0275. The molecule has 0 aromatic carbocycles. The number of carbonyl (C=O) groups excluding carboxylic acids is 1. The van der Waals surface area contributed by atoms with Crippen molar-refractivity contribution in [3.63, 3.8) is 0 Å². The Balaban J connectivity index is 2.68.